The molecule has 1 aliphatic rings. The third kappa shape index (κ3) is 3.02. The van der Waals surface area contributed by atoms with E-state index in [4.69, 9.17) is 0 Å². The molecule has 0 spiro atoms. The van der Waals surface area contributed by atoms with Crippen LogP contribution in [-0.4, -0.2) is 22.7 Å². The van der Waals surface area contributed by atoms with E-state index >= 15 is 0 Å². The molecule has 0 bridgehead atoms. The number of anilines is 1. The Morgan fingerprint density at radius 1 is 1.44 bits per heavy atom. The maximum absolute atomic E-state index is 9.68. The number of aliphatic hydroxyl groups excluding tert-OH is 1. The zero-order chi connectivity index (χ0) is 13.0. The van der Waals surface area contributed by atoms with E-state index in [9.17, 15) is 5.11 Å². The number of pyridine rings is 1. The Balaban J connectivity index is 2.24. The molecule has 1 fully saturated rings. The summed E-state index contributed by atoms with van der Waals surface area (Å²) < 4.78 is 0. The Labute approximate surface area is 110 Å². The standard InChI is InChI=1S/C15H24N2O/c1-3-14-7-5-4-6-10-17(14)15-11-13(12(2)18)8-9-16-15/h8-9,11-12,14,18H,3-7,10H2,1-2H3. The SMILES string of the molecule is CCC1CCCCCN1c1cc(C(C)O)ccn1. The van der Waals surface area contributed by atoms with Crippen molar-refractivity contribution in [2.45, 2.75) is 58.1 Å². The van der Waals surface area contributed by atoms with Crippen molar-refractivity contribution >= 4 is 5.82 Å². The molecular formula is C15H24N2O. The van der Waals surface area contributed by atoms with E-state index in [1.54, 1.807) is 6.92 Å². The largest absolute Gasteiger partial charge is 0.389 e. The lowest BCUT2D eigenvalue weighted by atomic mass is 10.1. The fourth-order valence-electron chi connectivity index (χ4n) is 2.75. The van der Waals surface area contributed by atoms with E-state index in [0.29, 0.717) is 6.04 Å². The van der Waals surface area contributed by atoms with Gasteiger partial charge in [0.2, 0.25) is 0 Å². The van der Waals surface area contributed by atoms with E-state index in [-0.39, 0.29) is 0 Å². The second-order valence-corrected chi connectivity index (χ2v) is 5.23. The van der Waals surface area contributed by atoms with Gasteiger partial charge in [-0.1, -0.05) is 19.8 Å². The van der Waals surface area contributed by atoms with E-state index in [1.807, 2.05) is 18.3 Å². The summed E-state index contributed by atoms with van der Waals surface area (Å²) >= 11 is 0. The third-order valence-electron chi connectivity index (χ3n) is 3.89. The quantitative estimate of drug-likeness (QED) is 0.891. The van der Waals surface area contributed by atoms with Gasteiger partial charge in [-0.05, 0) is 43.9 Å². The van der Waals surface area contributed by atoms with Crippen LogP contribution >= 0.6 is 0 Å². The summed E-state index contributed by atoms with van der Waals surface area (Å²) in [5.41, 5.74) is 0.958. The van der Waals surface area contributed by atoms with Crippen LogP contribution in [0.5, 0.6) is 0 Å². The number of hydrogen-bond donors (Lipinski definition) is 1. The van der Waals surface area contributed by atoms with E-state index in [1.165, 1.54) is 32.1 Å². The molecule has 2 unspecified atom stereocenters. The summed E-state index contributed by atoms with van der Waals surface area (Å²) in [6.45, 7) is 5.15. The molecule has 3 heteroatoms. The lowest BCUT2D eigenvalue weighted by Gasteiger charge is -2.30. The molecule has 1 aromatic heterocycles. The number of hydrogen-bond acceptors (Lipinski definition) is 3. The first-order valence-electron chi connectivity index (χ1n) is 7.13. The van der Waals surface area contributed by atoms with Crippen LogP contribution in [-0.2, 0) is 0 Å². The minimum absolute atomic E-state index is 0.418. The second kappa shape index (κ2) is 6.19. The normalized spacial score (nSPS) is 22.6. The van der Waals surface area contributed by atoms with Crippen LogP contribution in [0.4, 0.5) is 5.82 Å². The Kier molecular flexibility index (Phi) is 4.59. The first-order chi connectivity index (χ1) is 8.72. The average molecular weight is 248 g/mol. The highest BCUT2D eigenvalue weighted by atomic mass is 16.3. The molecule has 0 amide bonds. The fourth-order valence-corrected chi connectivity index (χ4v) is 2.75. The molecule has 1 aliphatic heterocycles. The summed E-state index contributed by atoms with van der Waals surface area (Å²) in [5, 5.41) is 9.68. The van der Waals surface area contributed by atoms with Crippen molar-refractivity contribution in [2.75, 3.05) is 11.4 Å². The molecule has 3 nitrogen and oxygen atoms in total. The summed E-state index contributed by atoms with van der Waals surface area (Å²) in [6.07, 6.45) is 7.72. The third-order valence-corrected chi connectivity index (χ3v) is 3.89. The van der Waals surface area contributed by atoms with Crippen LogP contribution in [0.3, 0.4) is 0 Å². The molecule has 1 aromatic rings. The van der Waals surface area contributed by atoms with Crippen molar-refractivity contribution in [3.63, 3.8) is 0 Å². The van der Waals surface area contributed by atoms with Gasteiger partial charge in [-0.25, -0.2) is 4.98 Å². The summed E-state index contributed by atoms with van der Waals surface area (Å²) in [6, 6.07) is 4.54. The van der Waals surface area contributed by atoms with Crippen LogP contribution < -0.4 is 4.90 Å². The molecule has 0 aromatic carbocycles. The van der Waals surface area contributed by atoms with E-state index in [2.05, 4.69) is 16.8 Å². The van der Waals surface area contributed by atoms with Gasteiger partial charge in [0, 0.05) is 18.8 Å². The van der Waals surface area contributed by atoms with Crippen molar-refractivity contribution in [3.8, 4) is 0 Å². The smallest absolute Gasteiger partial charge is 0.129 e. The Morgan fingerprint density at radius 3 is 3.00 bits per heavy atom. The van der Waals surface area contributed by atoms with E-state index < -0.39 is 6.10 Å². The lowest BCUT2D eigenvalue weighted by molar-refractivity contribution is 0.199. The van der Waals surface area contributed by atoms with Gasteiger partial charge in [-0.2, -0.15) is 0 Å². The number of aromatic nitrogens is 1. The minimum Gasteiger partial charge on any atom is -0.389 e. The van der Waals surface area contributed by atoms with Gasteiger partial charge in [0.15, 0.2) is 0 Å². The van der Waals surface area contributed by atoms with Crippen LogP contribution in [0.1, 0.15) is 57.6 Å². The topological polar surface area (TPSA) is 36.4 Å². The van der Waals surface area contributed by atoms with Crippen LogP contribution in [0, 0.1) is 0 Å². The minimum atomic E-state index is -0.418. The highest BCUT2D eigenvalue weighted by Crippen LogP contribution is 2.26. The van der Waals surface area contributed by atoms with Crippen molar-refractivity contribution in [1.82, 2.24) is 4.98 Å². The Bertz CT molecular complexity index is 379. The number of nitrogens with zero attached hydrogens (tertiary/aromatic N) is 2. The molecular weight excluding hydrogens is 224 g/mol. The molecule has 100 valence electrons. The predicted octanol–water partition coefficient (Wildman–Crippen LogP) is 3.29. The van der Waals surface area contributed by atoms with Crippen LogP contribution in [0.15, 0.2) is 18.3 Å². The van der Waals surface area contributed by atoms with Crippen LogP contribution in [0.25, 0.3) is 0 Å². The molecule has 0 aliphatic carbocycles. The van der Waals surface area contributed by atoms with Crippen LogP contribution in [0.2, 0.25) is 0 Å². The molecule has 2 rings (SSSR count). The summed E-state index contributed by atoms with van der Waals surface area (Å²) in [4.78, 5) is 6.93. The molecule has 1 saturated heterocycles. The monoisotopic (exact) mass is 248 g/mol. The molecule has 18 heavy (non-hydrogen) atoms. The maximum Gasteiger partial charge on any atom is 0.129 e. The van der Waals surface area contributed by atoms with Gasteiger partial charge in [0.25, 0.3) is 0 Å². The first-order valence-corrected chi connectivity index (χ1v) is 7.13. The molecule has 2 heterocycles. The highest BCUT2D eigenvalue weighted by Gasteiger charge is 2.21. The predicted molar refractivity (Wildman–Crippen MR) is 74.8 cm³/mol. The number of aliphatic hydroxyl groups is 1. The number of rotatable bonds is 3. The Morgan fingerprint density at radius 2 is 2.28 bits per heavy atom. The van der Waals surface area contributed by atoms with Crippen molar-refractivity contribution in [3.05, 3.63) is 23.9 Å². The summed E-state index contributed by atoms with van der Waals surface area (Å²) in [5.74, 6) is 1.03. The zero-order valence-electron chi connectivity index (χ0n) is 11.5. The maximum atomic E-state index is 9.68. The zero-order valence-corrected chi connectivity index (χ0v) is 11.5. The molecule has 2 atom stereocenters. The van der Waals surface area contributed by atoms with Crippen molar-refractivity contribution < 1.29 is 5.11 Å². The lowest BCUT2D eigenvalue weighted by Crippen LogP contribution is -2.35. The molecule has 1 N–H and O–H groups in total. The van der Waals surface area contributed by atoms with Gasteiger partial charge >= 0.3 is 0 Å². The van der Waals surface area contributed by atoms with E-state index in [0.717, 1.165) is 17.9 Å². The second-order valence-electron chi connectivity index (χ2n) is 5.23. The van der Waals surface area contributed by atoms with Gasteiger partial charge in [0.1, 0.15) is 5.82 Å². The van der Waals surface area contributed by atoms with Gasteiger partial charge in [0.05, 0.1) is 6.10 Å². The van der Waals surface area contributed by atoms with Crippen molar-refractivity contribution in [1.29, 1.82) is 0 Å². The Hall–Kier alpha value is -1.09. The van der Waals surface area contributed by atoms with Gasteiger partial charge in [-0.3, -0.25) is 0 Å². The fraction of sp³-hybridized carbons (Fsp3) is 0.667. The summed E-state index contributed by atoms with van der Waals surface area (Å²) in [7, 11) is 0. The molecule has 0 saturated carbocycles. The highest BCUT2D eigenvalue weighted by molar-refractivity contribution is 5.42. The van der Waals surface area contributed by atoms with Gasteiger partial charge < -0.3 is 10.0 Å². The first kappa shape index (κ1) is 13.3. The van der Waals surface area contributed by atoms with Crippen molar-refractivity contribution in [2.24, 2.45) is 0 Å². The molecule has 0 radical (unpaired) electrons. The average Bonchev–Trinajstić information content (AvgIpc) is 2.63. The van der Waals surface area contributed by atoms with Gasteiger partial charge in [-0.15, -0.1) is 0 Å².